The highest BCUT2D eigenvalue weighted by Crippen LogP contribution is 2.36. The maximum absolute atomic E-state index is 12.8. The molecule has 0 bridgehead atoms. The average Bonchev–Trinajstić information content (AvgIpc) is 2.56. The normalized spacial score (nSPS) is 11.1. The molecule has 2 N–H and O–H groups in total. The van der Waals surface area contributed by atoms with Gasteiger partial charge in [0.2, 0.25) is 11.8 Å². The lowest BCUT2D eigenvalue weighted by molar-refractivity contribution is -0.137. The van der Waals surface area contributed by atoms with Crippen LogP contribution in [0.25, 0.3) is 0 Å². The lowest BCUT2D eigenvalue weighted by Gasteiger charge is -2.12. The van der Waals surface area contributed by atoms with Crippen LogP contribution in [-0.2, 0) is 22.2 Å². The Bertz CT molecular complexity index is 807. The van der Waals surface area contributed by atoms with E-state index in [-0.39, 0.29) is 12.1 Å². The molecule has 0 fully saturated rings. The van der Waals surface area contributed by atoms with E-state index in [0.29, 0.717) is 11.6 Å². The highest BCUT2D eigenvalue weighted by atomic mass is 35.5. The number of carbonyl (C=O) groups is 2. The molecule has 0 saturated heterocycles. The Morgan fingerprint density at radius 3 is 2.27 bits per heavy atom. The molecule has 0 aliphatic heterocycles. The quantitative estimate of drug-likeness (QED) is 0.766. The number of benzene rings is 2. The molecule has 0 atom stereocenters. The van der Waals surface area contributed by atoms with Crippen molar-refractivity contribution in [2.24, 2.45) is 0 Å². The zero-order valence-corrected chi connectivity index (χ0v) is 13.9. The van der Waals surface area contributed by atoms with Crippen molar-refractivity contribution in [3.63, 3.8) is 0 Å². The highest BCUT2D eigenvalue weighted by molar-refractivity contribution is 6.31. The van der Waals surface area contributed by atoms with E-state index in [2.05, 4.69) is 10.6 Å². The summed E-state index contributed by atoms with van der Waals surface area (Å²) in [6.07, 6.45) is -4.71. The molecule has 2 aromatic carbocycles. The number of amides is 2. The topological polar surface area (TPSA) is 58.2 Å². The number of nitrogens with one attached hydrogen (secondary N) is 2. The van der Waals surface area contributed by atoms with Gasteiger partial charge in [-0.25, -0.2) is 4.39 Å². The Morgan fingerprint density at radius 1 is 1.00 bits per heavy atom. The van der Waals surface area contributed by atoms with Gasteiger partial charge in [-0.15, -0.1) is 0 Å². The summed E-state index contributed by atoms with van der Waals surface area (Å²) < 4.78 is 51.1. The minimum absolute atomic E-state index is 0.0628. The van der Waals surface area contributed by atoms with Gasteiger partial charge in [0.25, 0.3) is 0 Å². The van der Waals surface area contributed by atoms with Crippen LogP contribution in [0.2, 0.25) is 5.02 Å². The third-order valence-electron chi connectivity index (χ3n) is 3.28. The first-order valence-corrected chi connectivity index (χ1v) is 7.70. The molecule has 0 unspecified atom stereocenters. The minimum Gasteiger partial charge on any atom is -0.347 e. The van der Waals surface area contributed by atoms with Crippen molar-refractivity contribution in [2.75, 3.05) is 11.9 Å². The van der Waals surface area contributed by atoms with Gasteiger partial charge < -0.3 is 10.6 Å². The summed E-state index contributed by atoms with van der Waals surface area (Å²) >= 11 is 5.49. The summed E-state index contributed by atoms with van der Waals surface area (Å²) in [6, 6.07) is 8.22. The van der Waals surface area contributed by atoms with E-state index in [1.54, 1.807) is 0 Å². The molecule has 0 radical (unpaired) electrons. The maximum atomic E-state index is 12.8. The first-order chi connectivity index (χ1) is 12.1. The van der Waals surface area contributed by atoms with Crippen molar-refractivity contribution in [3.05, 3.63) is 64.4 Å². The van der Waals surface area contributed by atoms with Crippen LogP contribution in [0.1, 0.15) is 11.1 Å². The van der Waals surface area contributed by atoms with E-state index in [0.717, 1.165) is 6.07 Å². The van der Waals surface area contributed by atoms with E-state index >= 15 is 0 Å². The van der Waals surface area contributed by atoms with E-state index in [9.17, 15) is 27.2 Å². The second-order valence-corrected chi connectivity index (χ2v) is 5.73. The molecule has 2 rings (SSSR count). The third-order valence-corrected chi connectivity index (χ3v) is 3.61. The molecule has 0 aliphatic rings. The molecule has 0 heterocycles. The summed E-state index contributed by atoms with van der Waals surface area (Å²) in [5, 5.41) is 4.09. The van der Waals surface area contributed by atoms with Crippen LogP contribution in [0, 0.1) is 5.82 Å². The molecule has 0 saturated carbocycles. The molecule has 2 amide bonds. The van der Waals surface area contributed by atoms with Crippen molar-refractivity contribution in [3.8, 4) is 0 Å². The van der Waals surface area contributed by atoms with Crippen LogP contribution in [0.4, 0.5) is 23.2 Å². The van der Waals surface area contributed by atoms with Crippen LogP contribution >= 0.6 is 11.6 Å². The van der Waals surface area contributed by atoms with E-state index < -0.39 is 40.9 Å². The second-order valence-electron chi connectivity index (χ2n) is 5.32. The molecular weight excluding hydrogens is 376 g/mol. The summed E-state index contributed by atoms with van der Waals surface area (Å²) in [4.78, 5) is 23.5. The Balaban J connectivity index is 1.89. The van der Waals surface area contributed by atoms with E-state index in [4.69, 9.17) is 11.6 Å². The van der Waals surface area contributed by atoms with Crippen molar-refractivity contribution in [1.29, 1.82) is 0 Å². The molecule has 9 heteroatoms. The fourth-order valence-electron chi connectivity index (χ4n) is 2.05. The molecule has 4 nitrogen and oxygen atoms in total. The van der Waals surface area contributed by atoms with Crippen molar-refractivity contribution < 1.29 is 27.2 Å². The van der Waals surface area contributed by atoms with Crippen molar-refractivity contribution in [2.45, 2.75) is 12.6 Å². The summed E-state index contributed by atoms with van der Waals surface area (Å²) in [5.74, 6) is -1.62. The maximum Gasteiger partial charge on any atom is 0.417 e. The number of carbonyl (C=O) groups excluding carboxylic acids is 2. The molecule has 0 aromatic heterocycles. The van der Waals surface area contributed by atoms with Gasteiger partial charge in [0.1, 0.15) is 5.82 Å². The van der Waals surface area contributed by atoms with Gasteiger partial charge in [0.15, 0.2) is 0 Å². The van der Waals surface area contributed by atoms with Crippen molar-refractivity contribution >= 4 is 29.1 Å². The summed E-state index contributed by atoms with van der Waals surface area (Å²) in [7, 11) is 0. The van der Waals surface area contributed by atoms with Crippen LogP contribution in [-0.4, -0.2) is 18.4 Å². The third kappa shape index (κ3) is 5.73. The average molecular weight is 389 g/mol. The van der Waals surface area contributed by atoms with Gasteiger partial charge in [-0.05, 0) is 35.9 Å². The van der Waals surface area contributed by atoms with Gasteiger partial charge in [-0.3, -0.25) is 9.59 Å². The summed E-state index contributed by atoms with van der Waals surface area (Å²) in [6.45, 7) is -0.427. The second kappa shape index (κ2) is 8.18. The fraction of sp³-hybridized carbons (Fsp3) is 0.176. The SMILES string of the molecule is O=C(Cc1ccc(F)cc1)NCC(=O)Nc1ccc(Cl)c(C(F)(F)F)c1. The largest absolute Gasteiger partial charge is 0.417 e. The van der Waals surface area contributed by atoms with Gasteiger partial charge >= 0.3 is 6.18 Å². The van der Waals surface area contributed by atoms with E-state index in [1.807, 2.05) is 0 Å². The lowest BCUT2D eigenvalue weighted by atomic mass is 10.1. The monoisotopic (exact) mass is 388 g/mol. The Morgan fingerprint density at radius 2 is 1.65 bits per heavy atom. The fourth-order valence-corrected chi connectivity index (χ4v) is 2.28. The predicted octanol–water partition coefficient (Wildman–Crippen LogP) is 3.80. The molecule has 138 valence electrons. The number of hydrogen-bond donors (Lipinski definition) is 2. The highest BCUT2D eigenvalue weighted by Gasteiger charge is 2.33. The van der Waals surface area contributed by atoms with Gasteiger partial charge in [0, 0.05) is 5.69 Å². The molecule has 26 heavy (non-hydrogen) atoms. The smallest absolute Gasteiger partial charge is 0.347 e. The summed E-state index contributed by atoms with van der Waals surface area (Å²) in [5.41, 5.74) is -0.617. The Labute approximate surface area is 151 Å². The van der Waals surface area contributed by atoms with Gasteiger partial charge in [0.05, 0.1) is 23.6 Å². The number of alkyl halides is 3. The lowest BCUT2D eigenvalue weighted by Crippen LogP contribution is -2.33. The van der Waals surface area contributed by atoms with Crippen LogP contribution in [0.15, 0.2) is 42.5 Å². The molecule has 2 aromatic rings. The standard InChI is InChI=1S/C17H13ClF4N2O2/c18-14-6-5-12(8-13(14)17(20,21)22)24-16(26)9-23-15(25)7-10-1-3-11(19)4-2-10/h1-6,8H,7,9H2,(H,23,25)(H,24,26). The minimum atomic E-state index is -4.65. The van der Waals surface area contributed by atoms with E-state index in [1.165, 1.54) is 30.3 Å². The predicted molar refractivity (Wildman–Crippen MR) is 88.2 cm³/mol. The zero-order valence-electron chi connectivity index (χ0n) is 13.2. The number of rotatable bonds is 5. The molecule has 0 aliphatic carbocycles. The Kier molecular flexibility index (Phi) is 6.20. The van der Waals surface area contributed by atoms with Crippen molar-refractivity contribution in [1.82, 2.24) is 5.32 Å². The van der Waals surface area contributed by atoms with Gasteiger partial charge in [-0.1, -0.05) is 23.7 Å². The zero-order chi connectivity index (χ0) is 19.3. The first kappa shape index (κ1) is 19.7. The number of halogens is 5. The molecule has 0 spiro atoms. The number of hydrogen-bond acceptors (Lipinski definition) is 2. The van der Waals surface area contributed by atoms with Gasteiger partial charge in [-0.2, -0.15) is 13.2 Å². The Hall–Kier alpha value is -2.61. The number of anilines is 1. The first-order valence-electron chi connectivity index (χ1n) is 7.33. The van der Waals surface area contributed by atoms with Crippen LogP contribution in [0.5, 0.6) is 0 Å². The molecular formula is C17H13ClF4N2O2. The van der Waals surface area contributed by atoms with Crippen LogP contribution < -0.4 is 10.6 Å². The van der Waals surface area contributed by atoms with Crippen LogP contribution in [0.3, 0.4) is 0 Å².